The van der Waals surface area contributed by atoms with E-state index in [0.29, 0.717) is 0 Å². The van der Waals surface area contributed by atoms with Crippen LogP contribution in [0.4, 0.5) is 8.78 Å². The average Bonchev–Trinajstić information content (AvgIpc) is 2.29. The summed E-state index contributed by atoms with van der Waals surface area (Å²) >= 11 is 0. The van der Waals surface area contributed by atoms with Crippen molar-refractivity contribution in [1.82, 2.24) is 0 Å². The van der Waals surface area contributed by atoms with Crippen molar-refractivity contribution >= 4 is 11.8 Å². The maximum Gasteiger partial charge on any atom is 0.387 e. The van der Waals surface area contributed by atoms with Crippen molar-refractivity contribution in [3.8, 4) is 5.75 Å². The lowest BCUT2D eigenvalue weighted by atomic mass is 10.0. The molecule has 0 radical (unpaired) electrons. The summed E-state index contributed by atoms with van der Waals surface area (Å²) in [5.41, 5.74) is 0.0404. The SMILES string of the molecule is CCC(=O)c1cccc(CC(=O)O)c1OC(F)F. The van der Waals surface area contributed by atoms with Crippen LogP contribution in [0, 0.1) is 0 Å². The fourth-order valence-corrected chi connectivity index (χ4v) is 1.53. The second kappa shape index (κ2) is 6.09. The summed E-state index contributed by atoms with van der Waals surface area (Å²) in [6.45, 7) is -1.53. The van der Waals surface area contributed by atoms with Crippen LogP contribution in [-0.4, -0.2) is 23.5 Å². The van der Waals surface area contributed by atoms with Crippen LogP contribution >= 0.6 is 0 Å². The van der Waals surface area contributed by atoms with E-state index in [1.165, 1.54) is 18.2 Å². The van der Waals surface area contributed by atoms with Gasteiger partial charge in [-0.05, 0) is 6.07 Å². The first-order valence-electron chi connectivity index (χ1n) is 5.27. The molecule has 18 heavy (non-hydrogen) atoms. The molecule has 1 aromatic carbocycles. The van der Waals surface area contributed by atoms with Gasteiger partial charge in [0.15, 0.2) is 5.78 Å². The first kappa shape index (κ1) is 14.1. The van der Waals surface area contributed by atoms with Crippen molar-refractivity contribution in [2.24, 2.45) is 0 Å². The third-order valence-corrected chi connectivity index (χ3v) is 2.27. The van der Waals surface area contributed by atoms with Gasteiger partial charge in [0.25, 0.3) is 0 Å². The zero-order chi connectivity index (χ0) is 13.7. The minimum absolute atomic E-state index is 0.0171. The highest BCUT2D eigenvalue weighted by Gasteiger charge is 2.19. The molecule has 0 spiro atoms. The number of carbonyl (C=O) groups is 2. The Balaban J connectivity index is 3.24. The number of alkyl halides is 2. The van der Waals surface area contributed by atoms with Gasteiger partial charge in [0.1, 0.15) is 5.75 Å². The third-order valence-electron chi connectivity index (χ3n) is 2.27. The molecule has 0 saturated heterocycles. The van der Waals surface area contributed by atoms with Crippen LogP contribution in [0.25, 0.3) is 0 Å². The Morgan fingerprint density at radius 3 is 2.56 bits per heavy atom. The molecule has 1 N–H and O–H groups in total. The third kappa shape index (κ3) is 3.51. The molecule has 0 bridgehead atoms. The minimum Gasteiger partial charge on any atom is -0.481 e. The van der Waals surface area contributed by atoms with Crippen LogP contribution in [0.2, 0.25) is 0 Å². The Morgan fingerprint density at radius 1 is 1.39 bits per heavy atom. The molecule has 0 aromatic heterocycles. The molecule has 98 valence electrons. The Kier molecular flexibility index (Phi) is 4.76. The number of ketones is 1. The van der Waals surface area contributed by atoms with E-state index >= 15 is 0 Å². The van der Waals surface area contributed by atoms with E-state index in [9.17, 15) is 18.4 Å². The fraction of sp³-hybridized carbons (Fsp3) is 0.333. The Hall–Kier alpha value is -1.98. The lowest BCUT2D eigenvalue weighted by Crippen LogP contribution is -2.12. The van der Waals surface area contributed by atoms with E-state index in [-0.39, 0.29) is 29.1 Å². The molecule has 0 aliphatic rings. The predicted octanol–water partition coefficient (Wildman–Crippen LogP) is 2.51. The van der Waals surface area contributed by atoms with Gasteiger partial charge in [0, 0.05) is 12.0 Å². The topological polar surface area (TPSA) is 63.6 Å². The van der Waals surface area contributed by atoms with Gasteiger partial charge >= 0.3 is 12.6 Å². The van der Waals surface area contributed by atoms with Gasteiger partial charge < -0.3 is 9.84 Å². The number of para-hydroxylation sites is 1. The van der Waals surface area contributed by atoms with Crippen molar-refractivity contribution in [1.29, 1.82) is 0 Å². The largest absolute Gasteiger partial charge is 0.481 e. The zero-order valence-corrected chi connectivity index (χ0v) is 9.65. The van der Waals surface area contributed by atoms with Gasteiger partial charge in [-0.2, -0.15) is 8.78 Å². The molecule has 1 rings (SSSR count). The number of benzene rings is 1. The Morgan fingerprint density at radius 2 is 2.06 bits per heavy atom. The monoisotopic (exact) mass is 258 g/mol. The van der Waals surface area contributed by atoms with E-state index in [2.05, 4.69) is 4.74 Å². The van der Waals surface area contributed by atoms with Gasteiger partial charge in [-0.3, -0.25) is 9.59 Å². The molecule has 0 saturated carbocycles. The molecule has 0 unspecified atom stereocenters. The van der Waals surface area contributed by atoms with Crippen LogP contribution in [0.3, 0.4) is 0 Å². The van der Waals surface area contributed by atoms with Crippen molar-refractivity contribution in [2.45, 2.75) is 26.4 Å². The van der Waals surface area contributed by atoms with E-state index in [1.54, 1.807) is 6.92 Å². The zero-order valence-electron chi connectivity index (χ0n) is 9.65. The second-order valence-corrected chi connectivity index (χ2v) is 3.52. The van der Waals surface area contributed by atoms with Crippen molar-refractivity contribution < 1.29 is 28.2 Å². The van der Waals surface area contributed by atoms with Crippen LogP contribution in [0.5, 0.6) is 5.75 Å². The summed E-state index contributed by atoms with van der Waals surface area (Å²) < 4.78 is 28.9. The number of aliphatic carboxylic acids is 1. The first-order chi connectivity index (χ1) is 8.45. The van der Waals surface area contributed by atoms with Crippen molar-refractivity contribution in [2.75, 3.05) is 0 Å². The summed E-state index contributed by atoms with van der Waals surface area (Å²) in [7, 11) is 0. The Labute approximate surface area is 102 Å². The molecule has 0 amide bonds. The average molecular weight is 258 g/mol. The molecule has 0 aliphatic heterocycles. The number of carboxylic acids is 1. The smallest absolute Gasteiger partial charge is 0.387 e. The van der Waals surface area contributed by atoms with Crippen molar-refractivity contribution in [3.05, 3.63) is 29.3 Å². The van der Waals surface area contributed by atoms with Gasteiger partial charge in [-0.25, -0.2) is 0 Å². The normalized spacial score (nSPS) is 10.4. The van der Waals surface area contributed by atoms with E-state index in [1.807, 2.05) is 0 Å². The maximum atomic E-state index is 12.3. The molecule has 1 aromatic rings. The minimum atomic E-state index is -3.11. The number of halogens is 2. The molecular formula is C12H12F2O4. The quantitative estimate of drug-likeness (QED) is 0.796. The van der Waals surface area contributed by atoms with Crippen molar-refractivity contribution in [3.63, 3.8) is 0 Å². The number of hydrogen-bond acceptors (Lipinski definition) is 3. The van der Waals surface area contributed by atoms with Crippen LogP contribution in [0.15, 0.2) is 18.2 Å². The number of carbonyl (C=O) groups excluding carboxylic acids is 1. The maximum absolute atomic E-state index is 12.3. The van der Waals surface area contributed by atoms with Gasteiger partial charge in [0.2, 0.25) is 0 Å². The highest BCUT2D eigenvalue weighted by atomic mass is 19.3. The number of rotatable bonds is 6. The van der Waals surface area contributed by atoms with Crippen LogP contribution in [-0.2, 0) is 11.2 Å². The molecule has 0 aliphatic carbocycles. The Bertz CT molecular complexity index is 457. The van der Waals surface area contributed by atoms with Gasteiger partial charge in [-0.15, -0.1) is 0 Å². The van der Waals surface area contributed by atoms with E-state index < -0.39 is 19.0 Å². The summed E-state index contributed by atoms with van der Waals surface area (Å²) in [5, 5.41) is 8.68. The highest BCUT2D eigenvalue weighted by molar-refractivity contribution is 5.99. The van der Waals surface area contributed by atoms with Crippen LogP contribution < -0.4 is 4.74 Å². The fourth-order valence-electron chi connectivity index (χ4n) is 1.53. The lowest BCUT2D eigenvalue weighted by molar-refractivity contribution is -0.136. The molecular weight excluding hydrogens is 246 g/mol. The molecule has 0 fully saturated rings. The molecule has 4 nitrogen and oxygen atoms in total. The molecule has 0 heterocycles. The summed E-state index contributed by atoms with van der Waals surface area (Å²) in [6, 6.07) is 4.13. The van der Waals surface area contributed by atoms with Gasteiger partial charge in [-0.1, -0.05) is 19.1 Å². The predicted molar refractivity (Wildman–Crippen MR) is 59.0 cm³/mol. The lowest BCUT2D eigenvalue weighted by Gasteiger charge is -2.13. The number of ether oxygens (including phenoxy) is 1. The summed E-state index contributed by atoms with van der Waals surface area (Å²) in [6.07, 6.45) is -0.358. The highest BCUT2D eigenvalue weighted by Crippen LogP contribution is 2.27. The molecule has 0 atom stereocenters. The van der Waals surface area contributed by atoms with Crippen LogP contribution in [0.1, 0.15) is 29.3 Å². The molecule has 6 heteroatoms. The second-order valence-electron chi connectivity index (χ2n) is 3.52. The summed E-state index contributed by atoms with van der Waals surface area (Å²) in [4.78, 5) is 22.2. The standard InChI is InChI=1S/C12H12F2O4/c1-2-9(15)8-5-3-4-7(6-10(16)17)11(8)18-12(13)14/h3-5,12H,2,6H2,1H3,(H,16,17). The van der Waals surface area contributed by atoms with Gasteiger partial charge in [0.05, 0.1) is 12.0 Å². The summed E-state index contributed by atoms with van der Waals surface area (Å²) in [5.74, 6) is -1.91. The number of hydrogen-bond donors (Lipinski definition) is 1. The van der Waals surface area contributed by atoms with E-state index in [4.69, 9.17) is 5.11 Å². The first-order valence-corrected chi connectivity index (χ1v) is 5.27. The van der Waals surface area contributed by atoms with E-state index in [0.717, 1.165) is 0 Å². The number of carboxylic acid groups (broad SMARTS) is 1. The number of Topliss-reactive ketones (excluding diaryl/α,β-unsaturated/α-hetero) is 1.